The summed E-state index contributed by atoms with van der Waals surface area (Å²) in [4.78, 5) is 2.18. The molecule has 0 radical (unpaired) electrons. The van der Waals surface area contributed by atoms with Gasteiger partial charge in [-0.2, -0.15) is 0 Å². The monoisotopic (exact) mass is 264 g/mol. The molecule has 0 bridgehead atoms. The molecular formula is C11H24N2O3S. The van der Waals surface area contributed by atoms with Crippen molar-refractivity contribution in [3.8, 4) is 0 Å². The van der Waals surface area contributed by atoms with Gasteiger partial charge in [-0.05, 0) is 13.5 Å². The highest BCUT2D eigenvalue weighted by Gasteiger charge is 2.21. The van der Waals surface area contributed by atoms with Crippen molar-refractivity contribution in [3.63, 3.8) is 0 Å². The molecule has 0 aromatic heterocycles. The summed E-state index contributed by atoms with van der Waals surface area (Å²) in [5, 5.41) is 3.08. The van der Waals surface area contributed by atoms with Gasteiger partial charge in [0.05, 0.1) is 18.5 Å². The number of morpholine rings is 1. The number of hydrogen-bond acceptors (Lipinski definition) is 5. The first-order chi connectivity index (χ1) is 8.07. The third-order valence-electron chi connectivity index (χ3n) is 2.89. The first-order valence-corrected chi connectivity index (χ1v) is 8.08. The van der Waals surface area contributed by atoms with Gasteiger partial charge in [0.25, 0.3) is 0 Å². The van der Waals surface area contributed by atoms with E-state index < -0.39 is 9.84 Å². The maximum absolute atomic E-state index is 11.6. The first kappa shape index (κ1) is 14.9. The molecule has 0 spiro atoms. The lowest BCUT2D eigenvalue weighted by Gasteiger charge is -2.32. The Morgan fingerprint density at radius 3 is 2.82 bits per heavy atom. The molecule has 1 heterocycles. The Kier molecular flexibility index (Phi) is 6.40. The van der Waals surface area contributed by atoms with Crippen LogP contribution in [0.25, 0.3) is 0 Å². The SMILES string of the molecule is CCCS(=O)(=O)CCN1CCOC(CNC)C1. The molecule has 1 atom stereocenters. The molecule has 5 nitrogen and oxygen atoms in total. The van der Waals surface area contributed by atoms with E-state index in [1.807, 2.05) is 14.0 Å². The highest BCUT2D eigenvalue weighted by Crippen LogP contribution is 2.05. The first-order valence-electron chi connectivity index (χ1n) is 6.26. The second kappa shape index (κ2) is 7.31. The fraction of sp³-hybridized carbons (Fsp3) is 1.00. The van der Waals surface area contributed by atoms with Crippen molar-refractivity contribution in [3.05, 3.63) is 0 Å². The molecule has 1 aliphatic rings. The normalized spacial score (nSPS) is 22.8. The van der Waals surface area contributed by atoms with Gasteiger partial charge in [-0.25, -0.2) is 8.42 Å². The van der Waals surface area contributed by atoms with Gasteiger partial charge in [-0.3, -0.25) is 4.90 Å². The average molecular weight is 264 g/mol. The van der Waals surface area contributed by atoms with E-state index in [2.05, 4.69) is 10.2 Å². The van der Waals surface area contributed by atoms with Gasteiger partial charge < -0.3 is 10.1 Å². The van der Waals surface area contributed by atoms with E-state index in [9.17, 15) is 8.42 Å². The minimum Gasteiger partial charge on any atom is -0.374 e. The summed E-state index contributed by atoms with van der Waals surface area (Å²) in [5.74, 6) is 0.574. The zero-order valence-corrected chi connectivity index (χ0v) is 11.6. The number of nitrogens with zero attached hydrogens (tertiary/aromatic N) is 1. The molecule has 0 amide bonds. The molecule has 1 aliphatic heterocycles. The van der Waals surface area contributed by atoms with Crippen LogP contribution in [0.2, 0.25) is 0 Å². The van der Waals surface area contributed by atoms with Crippen molar-refractivity contribution in [1.82, 2.24) is 10.2 Å². The fourth-order valence-corrected chi connectivity index (χ4v) is 3.38. The van der Waals surface area contributed by atoms with Gasteiger partial charge in [0.1, 0.15) is 0 Å². The minimum atomic E-state index is -2.86. The Morgan fingerprint density at radius 2 is 2.18 bits per heavy atom. The predicted octanol–water partition coefficient (Wildman–Crippen LogP) is -0.269. The summed E-state index contributed by atoms with van der Waals surface area (Å²) in [5.41, 5.74) is 0. The van der Waals surface area contributed by atoms with E-state index in [0.29, 0.717) is 25.3 Å². The van der Waals surface area contributed by atoms with Crippen molar-refractivity contribution in [2.75, 3.05) is 51.3 Å². The summed E-state index contributed by atoms with van der Waals surface area (Å²) in [6.07, 6.45) is 0.885. The lowest BCUT2D eigenvalue weighted by Crippen LogP contribution is -2.47. The van der Waals surface area contributed by atoms with Crippen molar-refractivity contribution in [2.24, 2.45) is 0 Å². The average Bonchev–Trinajstić information content (AvgIpc) is 2.28. The van der Waals surface area contributed by atoms with Crippen LogP contribution in [0.4, 0.5) is 0 Å². The molecule has 6 heteroatoms. The molecule has 0 aromatic carbocycles. The summed E-state index contributed by atoms with van der Waals surface area (Å²) in [7, 11) is -0.962. The van der Waals surface area contributed by atoms with Crippen LogP contribution in [0.3, 0.4) is 0 Å². The van der Waals surface area contributed by atoms with Crippen molar-refractivity contribution in [1.29, 1.82) is 0 Å². The molecule has 1 fully saturated rings. The Bertz CT molecular complexity index is 304. The summed E-state index contributed by atoms with van der Waals surface area (Å²) < 4.78 is 28.8. The Hall–Kier alpha value is -0.170. The summed E-state index contributed by atoms with van der Waals surface area (Å²) in [6.45, 7) is 5.70. The van der Waals surface area contributed by atoms with Crippen molar-refractivity contribution < 1.29 is 13.2 Å². The molecule has 0 aliphatic carbocycles. The molecule has 17 heavy (non-hydrogen) atoms. The standard InChI is InChI=1S/C11H24N2O3S/c1-3-7-17(14,15)8-5-13-4-6-16-11(10-13)9-12-2/h11-12H,3-10H2,1-2H3. The van der Waals surface area contributed by atoms with Crippen LogP contribution in [-0.2, 0) is 14.6 Å². The molecule has 1 N–H and O–H groups in total. The Morgan fingerprint density at radius 1 is 1.41 bits per heavy atom. The largest absolute Gasteiger partial charge is 0.374 e. The Labute approximate surface area is 104 Å². The molecule has 1 rings (SSSR count). The summed E-state index contributed by atoms with van der Waals surface area (Å²) in [6, 6.07) is 0. The van der Waals surface area contributed by atoms with Crippen LogP contribution in [0, 0.1) is 0 Å². The lowest BCUT2D eigenvalue weighted by molar-refractivity contribution is -0.0241. The quantitative estimate of drug-likeness (QED) is 0.686. The zero-order valence-electron chi connectivity index (χ0n) is 10.8. The second-order valence-electron chi connectivity index (χ2n) is 4.50. The highest BCUT2D eigenvalue weighted by atomic mass is 32.2. The smallest absolute Gasteiger partial charge is 0.151 e. The Balaban J connectivity index is 2.31. The zero-order chi connectivity index (χ0) is 12.7. The van der Waals surface area contributed by atoms with Crippen molar-refractivity contribution in [2.45, 2.75) is 19.4 Å². The number of ether oxygens (including phenoxy) is 1. The third kappa shape index (κ3) is 5.81. The van der Waals surface area contributed by atoms with Gasteiger partial charge >= 0.3 is 0 Å². The lowest BCUT2D eigenvalue weighted by atomic mass is 10.2. The molecule has 1 saturated heterocycles. The fourth-order valence-electron chi connectivity index (χ4n) is 2.02. The number of likely N-dealkylation sites (N-methyl/N-ethyl adjacent to an activating group) is 1. The molecular weight excluding hydrogens is 240 g/mol. The van der Waals surface area contributed by atoms with Crippen LogP contribution >= 0.6 is 0 Å². The van der Waals surface area contributed by atoms with E-state index in [1.165, 1.54) is 0 Å². The molecule has 1 unspecified atom stereocenters. The van der Waals surface area contributed by atoms with Crippen LogP contribution in [0.5, 0.6) is 0 Å². The molecule has 102 valence electrons. The van der Waals surface area contributed by atoms with Gasteiger partial charge in [-0.1, -0.05) is 6.92 Å². The number of nitrogens with one attached hydrogen (secondary N) is 1. The van der Waals surface area contributed by atoms with E-state index in [4.69, 9.17) is 4.74 Å². The van der Waals surface area contributed by atoms with E-state index in [-0.39, 0.29) is 11.9 Å². The topological polar surface area (TPSA) is 58.6 Å². The maximum atomic E-state index is 11.6. The number of sulfone groups is 1. The van der Waals surface area contributed by atoms with Gasteiger partial charge in [0.15, 0.2) is 9.84 Å². The third-order valence-corrected chi connectivity index (χ3v) is 4.72. The van der Waals surface area contributed by atoms with E-state index in [1.54, 1.807) is 0 Å². The maximum Gasteiger partial charge on any atom is 0.151 e. The summed E-state index contributed by atoms with van der Waals surface area (Å²) >= 11 is 0. The predicted molar refractivity (Wildman–Crippen MR) is 69.1 cm³/mol. The molecule has 0 aromatic rings. The molecule has 0 saturated carbocycles. The van der Waals surface area contributed by atoms with Crippen molar-refractivity contribution >= 4 is 9.84 Å². The second-order valence-corrected chi connectivity index (χ2v) is 6.81. The minimum absolute atomic E-state index is 0.183. The van der Waals surface area contributed by atoms with Crippen LogP contribution in [0.15, 0.2) is 0 Å². The number of rotatable bonds is 7. The van der Waals surface area contributed by atoms with Crippen LogP contribution < -0.4 is 5.32 Å². The van der Waals surface area contributed by atoms with Crippen LogP contribution in [-0.4, -0.2) is 70.8 Å². The van der Waals surface area contributed by atoms with Gasteiger partial charge in [0, 0.05) is 31.9 Å². The van der Waals surface area contributed by atoms with E-state index in [0.717, 1.165) is 19.6 Å². The highest BCUT2D eigenvalue weighted by molar-refractivity contribution is 7.91. The van der Waals surface area contributed by atoms with Gasteiger partial charge in [-0.15, -0.1) is 0 Å². The number of hydrogen-bond donors (Lipinski definition) is 1. The van der Waals surface area contributed by atoms with Gasteiger partial charge in [0.2, 0.25) is 0 Å². The van der Waals surface area contributed by atoms with Crippen LogP contribution in [0.1, 0.15) is 13.3 Å². The van der Waals surface area contributed by atoms with E-state index >= 15 is 0 Å².